The van der Waals surface area contributed by atoms with Crippen LogP contribution in [0.3, 0.4) is 0 Å². The number of benzene rings is 2. The predicted octanol–water partition coefficient (Wildman–Crippen LogP) is 2.77. The molecular formula is C32H46N2O7. The summed E-state index contributed by atoms with van der Waals surface area (Å²) in [6, 6.07) is 19.5. The van der Waals surface area contributed by atoms with Crippen molar-refractivity contribution in [1.29, 1.82) is 0 Å². The summed E-state index contributed by atoms with van der Waals surface area (Å²) >= 11 is 0. The summed E-state index contributed by atoms with van der Waals surface area (Å²) in [6.07, 6.45) is -0.573. The van der Waals surface area contributed by atoms with Crippen molar-refractivity contribution in [3.05, 3.63) is 71.8 Å². The minimum absolute atomic E-state index is 0.120. The van der Waals surface area contributed by atoms with Crippen molar-refractivity contribution >= 4 is 0 Å². The van der Waals surface area contributed by atoms with Crippen molar-refractivity contribution < 1.29 is 34.3 Å². The van der Waals surface area contributed by atoms with Crippen LogP contribution >= 0.6 is 0 Å². The first kappa shape index (κ1) is 30.5. The minimum atomic E-state index is -1.07. The largest absolute Gasteiger partial charge is 0.392 e. The van der Waals surface area contributed by atoms with Crippen LogP contribution in [-0.4, -0.2) is 96.7 Å². The fourth-order valence-electron chi connectivity index (χ4n) is 6.09. The van der Waals surface area contributed by atoms with E-state index in [1.165, 1.54) is 0 Å². The van der Waals surface area contributed by atoms with E-state index in [2.05, 4.69) is 10.2 Å². The van der Waals surface area contributed by atoms with Crippen molar-refractivity contribution in [3.8, 4) is 0 Å². The lowest BCUT2D eigenvalue weighted by Crippen LogP contribution is -2.50. The third-order valence-electron chi connectivity index (χ3n) is 8.34. The van der Waals surface area contributed by atoms with Crippen molar-refractivity contribution in [2.45, 2.75) is 75.2 Å². The van der Waals surface area contributed by atoms with Gasteiger partial charge in [0.15, 0.2) is 12.6 Å². The lowest BCUT2D eigenvalue weighted by atomic mass is 9.96. The normalized spacial score (nSPS) is 28.3. The van der Waals surface area contributed by atoms with Gasteiger partial charge < -0.3 is 39.6 Å². The Kier molecular flexibility index (Phi) is 11.6. The summed E-state index contributed by atoms with van der Waals surface area (Å²) in [6.45, 7) is 4.37. The first-order valence-electron chi connectivity index (χ1n) is 15.2. The lowest BCUT2D eigenvalue weighted by Gasteiger charge is -2.38. The Morgan fingerprint density at radius 1 is 0.756 bits per heavy atom. The van der Waals surface area contributed by atoms with Crippen molar-refractivity contribution in [2.24, 2.45) is 5.92 Å². The van der Waals surface area contributed by atoms with Gasteiger partial charge in [-0.3, -0.25) is 4.90 Å². The lowest BCUT2D eigenvalue weighted by molar-refractivity contribution is -0.247. The van der Waals surface area contributed by atoms with Crippen LogP contribution in [0.15, 0.2) is 60.7 Å². The Morgan fingerprint density at radius 2 is 1.37 bits per heavy atom. The fraction of sp³-hybridized carbons (Fsp3) is 0.625. The molecule has 2 aromatic rings. The molecule has 5 rings (SSSR count). The van der Waals surface area contributed by atoms with Crippen LogP contribution in [0.1, 0.15) is 55.8 Å². The number of hydrogen-bond donors (Lipinski definition) is 4. The molecule has 0 aromatic heterocycles. The number of piperidine rings is 1. The van der Waals surface area contributed by atoms with Gasteiger partial charge >= 0.3 is 0 Å². The molecule has 7 atom stereocenters. The molecule has 226 valence electrons. The molecule has 0 aliphatic carbocycles. The average Bonchev–Trinajstić information content (AvgIpc) is 3.02. The van der Waals surface area contributed by atoms with Gasteiger partial charge in [-0.25, -0.2) is 0 Å². The number of aliphatic hydroxyl groups is 3. The van der Waals surface area contributed by atoms with Gasteiger partial charge in [0.25, 0.3) is 0 Å². The Balaban J connectivity index is 1.17. The van der Waals surface area contributed by atoms with Crippen LogP contribution in [0.2, 0.25) is 0 Å². The van der Waals surface area contributed by atoms with Gasteiger partial charge in [0, 0.05) is 37.2 Å². The van der Waals surface area contributed by atoms with Crippen LogP contribution in [0, 0.1) is 5.92 Å². The van der Waals surface area contributed by atoms with E-state index in [0.717, 1.165) is 50.0 Å². The molecule has 3 fully saturated rings. The molecule has 3 aliphatic heterocycles. The second-order valence-corrected chi connectivity index (χ2v) is 11.6. The maximum Gasteiger partial charge on any atom is 0.184 e. The Bertz CT molecular complexity index is 1010. The molecule has 2 aromatic carbocycles. The molecule has 9 nitrogen and oxygen atoms in total. The maximum atomic E-state index is 11.2. The molecule has 0 bridgehead atoms. The molecule has 4 N–H and O–H groups in total. The van der Waals surface area contributed by atoms with Gasteiger partial charge in [0.1, 0.15) is 6.10 Å². The number of aliphatic hydroxyl groups excluding tert-OH is 3. The number of nitrogens with zero attached hydrogens (tertiary/aromatic N) is 1. The van der Waals surface area contributed by atoms with E-state index < -0.39 is 37.0 Å². The molecule has 2 unspecified atom stereocenters. The molecule has 3 aliphatic rings. The highest BCUT2D eigenvalue weighted by molar-refractivity contribution is 5.17. The molecule has 0 saturated carbocycles. The highest BCUT2D eigenvalue weighted by Gasteiger charge is 2.35. The highest BCUT2D eigenvalue weighted by atomic mass is 16.7. The van der Waals surface area contributed by atoms with E-state index in [-0.39, 0.29) is 12.6 Å². The average molecular weight is 571 g/mol. The first-order valence-corrected chi connectivity index (χ1v) is 15.2. The van der Waals surface area contributed by atoms with Crippen LogP contribution < -0.4 is 5.32 Å². The summed E-state index contributed by atoms with van der Waals surface area (Å²) in [4.78, 5) is 2.11. The van der Waals surface area contributed by atoms with Crippen molar-refractivity contribution in [1.82, 2.24) is 10.2 Å². The summed E-state index contributed by atoms with van der Waals surface area (Å²) in [5.41, 5.74) is 1.86. The van der Waals surface area contributed by atoms with Crippen LogP contribution in [-0.2, 0) is 18.9 Å². The van der Waals surface area contributed by atoms with Crippen molar-refractivity contribution in [2.75, 3.05) is 45.9 Å². The number of nitrogens with one attached hydrogen (secondary N) is 1. The maximum absolute atomic E-state index is 11.2. The molecule has 3 saturated heterocycles. The third kappa shape index (κ3) is 9.03. The van der Waals surface area contributed by atoms with E-state index in [0.29, 0.717) is 38.5 Å². The smallest absolute Gasteiger partial charge is 0.184 e. The Labute approximate surface area is 243 Å². The summed E-state index contributed by atoms with van der Waals surface area (Å²) in [5.74, 6) is 0.469. The molecule has 0 amide bonds. The zero-order valence-corrected chi connectivity index (χ0v) is 23.8. The molecular weight excluding hydrogens is 524 g/mol. The van der Waals surface area contributed by atoms with Gasteiger partial charge in [-0.15, -0.1) is 0 Å². The zero-order valence-electron chi connectivity index (χ0n) is 23.8. The number of hydrogen-bond acceptors (Lipinski definition) is 9. The van der Waals surface area contributed by atoms with Gasteiger partial charge in [-0.2, -0.15) is 0 Å². The Morgan fingerprint density at radius 3 is 2.02 bits per heavy atom. The second kappa shape index (κ2) is 15.5. The second-order valence-electron chi connectivity index (χ2n) is 11.6. The number of ether oxygens (including phenoxy) is 4. The SMILES string of the molecule is O[C@H](C[C@H]1CCOC(c2ccccc2)O1)CN(CC1CCNCC1)C[C@H](O)[C@@H](O)[C@H]1CCOC(c2ccccc2)O1. The van der Waals surface area contributed by atoms with Gasteiger partial charge in [-0.1, -0.05) is 60.7 Å². The summed E-state index contributed by atoms with van der Waals surface area (Å²) < 4.78 is 23.9. The van der Waals surface area contributed by atoms with Gasteiger partial charge in [-0.05, 0) is 44.7 Å². The van der Waals surface area contributed by atoms with Crippen LogP contribution in [0.25, 0.3) is 0 Å². The Hall–Kier alpha value is -1.92. The summed E-state index contributed by atoms with van der Waals surface area (Å²) in [5, 5.41) is 36.9. The van der Waals surface area contributed by atoms with E-state index >= 15 is 0 Å². The van der Waals surface area contributed by atoms with E-state index in [1.807, 2.05) is 60.7 Å². The third-order valence-corrected chi connectivity index (χ3v) is 8.34. The molecule has 3 heterocycles. The van der Waals surface area contributed by atoms with E-state index in [9.17, 15) is 15.3 Å². The predicted molar refractivity (Wildman–Crippen MR) is 154 cm³/mol. The topological polar surface area (TPSA) is 113 Å². The van der Waals surface area contributed by atoms with Gasteiger partial charge in [0.2, 0.25) is 0 Å². The number of rotatable bonds is 12. The van der Waals surface area contributed by atoms with Gasteiger partial charge in [0.05, 0.1) is 37.6 Å². The molecule has 41 heavy (non-hydrogen) atoms. The highest BCUT2D eigenvalue weighted by Crippen LogP contribution is 2.30. The molecule has 0 radical (unpaired) electrons. The van der Waals surface area contributed by atoms with E-state index in [4.69, 9.17) is 18.9 Å². The monoisotopic (exact) mass is 570 g/mol. The van der Waals surface area contributed by atoms with E-state index in [1.54, 1.807) is 0 Å². The van der Waals surface area contributed by atoms with Crippen LogP contribution in [0.5, 0.6) is 0 Å². The molecule has 9 heteroatoms. The first-order chi connectivity index (χ1) is 20.0. The molecule has 0 spiro atoms. The zero-order chi connectivity index (χ0) is 28.4. The van der Waals surface area contributed by atoms with Crippen molar-refractivity contribution in [3.63, 3.8) is 0 Å². The minimum Gasteiger partial charge on any atom is -0.392 e. The fourth-order valence-corrected chi connectivity index (χ4v) is 6.09. The quantitative estimate of drug-likeness (QED) is 0.306. The summed E-state index contributed by atoms with van der Waals surface area (Å²) in [7, 11) is 0. The standard InChI is InChI=1S/C32H46N2O7/c35-26(19-27-13-17-38-31(40-27)24-7-3-1-4-8-24)21-34(20-23-11-15-33-16-12-23)22-28(36)30(37)29-14-18-39-32(41-29)25-9-5-2-6-10-25/h1-10,23,26-33,35-37H,11-22H2/t26-,27-,28+,29-,30-,31?,32?/m1/s1. The van der Waals surface area contributed by atoms with Crippen LogP contribution in [0.4, 0.5) is 0 Å².